The summed E-state index contributed by atoms with van der Waals surface area (Å²) in [5.74, 6) is 0.769. The van der Waals surface area contributed by atoms with Gasteiger partial charge in [-0.05, 0) is 40.8 Å². The Morgan fingerprint density at radius 3 is 2.81 bits per heavy atom. The molecule has 0 bridgehead atoms. The number of nitrogens with zero attached hydrogens (tertiary/aromatic N) is 1. The summed E-state index contributed by atoms with van der Waals surface area (Å²) in [6, 6.07) is 1.61. The first-order chi connectivity index (χ1) is 7.46. The van der Waals surface area contributed by atoms with Gasteiger partial charge in [-0.15, -0.1) is 0 Å². The van der Waals surface area contributed by atoms with Crippen molar-refractivity contribution in [3.63, 3.8) is 0 Å². The van der Waals surface area contributed by atoms with E-state index in [2.05, 4.69) is 25.6 Å². The van der Waals surface area contributed by atoms with Gasteiger partial charge in [-0.25, -0.2) is 13.4 Å². The van der Waals surface area contributed by atoms with Gasteiger partial charge in [0.1, 0.15) is 0 Å². The number of hydrogen-bond donors (Lipinski definition) is 2. The Labute approximate surface area is 103 Å². The van der Waals surface area contributed by atoms with Gasteiger partial charge >= 0.3 is 0 Å². The van der Waals surface area contributed by atoms with Crippen molar-refractivity contribution in [3.05, 3.63) is 16.7 Å². The Kier molecular flexibility index (Phi) is 3.07. The van der Waals surface area contributed by atoms with Crippen molar-refractivity contribution in [3.8, 4) is 0 Å². The summed E-state index contributed by atoms with van der Waals surface area (Å²) >= 11 is 3.21. The second-order valence-electron chi connectivity index (χ2n) is 3.93. The third-order valence-electron chi connectivity index (χ3n) is 2.27. The fourth-order valence-electron chi connectivity index (χ4n) is 1.31. The Hall–Kier alpha value is -0.820. The Balaban J connectivity index is 2.13. The Morgan fingerprint density at radius 1 is 1.56 bits per heavy atom. The number of nitrogens with one attached hydrogen (secondary N) is 1. The van der Waals surface area contributed by atoms with E-state index >= 15 is 0 Å². The van der Waals surface area contributed by atoms with Gasteiger partial charge in [0.2, 0.25) is 10.0 Å². The lowest BCUT2D eigenvalue weighted by atomic mass is 10.4. The summed E-state index contributed by atoms with van der Waals surface area (Å²) in [4.78, 5) is 3.93. The highest BCUT2D eigenvalue weighted by Crippen LogP contribution is 2.31. The van der Waals surface area contributed by atoms with Crippen LogP contribution in [0.2, 0.25) is 0 Å². The van der Waals surface area contributed by atoms with Crippen LogP contribution in [0, 0.1) is 5.92 Å². The van der Waals surface area contributed by atoms with Crippen LogP contribution in [0.15, 0.2) is 16.7 Å². The van der Waals surface area contributed by atoms with Gasteiger partial charge < -0.3 is 5.73 Å². The Morgan fingerprint density at radius 2 is 2.25 bits per heavy atom. The molecule has 1 aromatic heterocycles. The standard InChI is InChI=1S/C9H12BrN3O2S/c10-8-3-7(11)4-12-9(8)13-16(14,15)5-6-1-2-6/h3-4,6H,1-2,5,11H2,(H,12,13). The molecule has 1 heterocycles. The van der Waals surface area contributed by atoms with Crippen molar-refractivity contribution in [2.75, 3.05) is 16.2 Å². The molecular weight excluding hydrogens is 294 g/mol. The van der Waals surface area contributed by atoms with E-state index in [-0.39, 0.29) is 11.6 Å². The Bertz CT molecular complexity index is 499. The summed E-state index contributed by atoms with van der Waals surface area (Å²) in [5, 5.41) is 0. The number of anilines is 2. The third-order valence-corrected chi connectivity index (χ3v) is 4.29. The van der Waals surface area contributed by atoms with Crippen LogP contribution < -0.4 is 10.5 Å². The lowest BCUT2D eigenvalue weighted by Gasteiger charge is -2.08. The van der Waals surface area contributed by atoms with Crippen molar-refractivity contribution in [1.82, 2.24) is 4.98 Å². The number of rotatable bonds is 4. The van der Waals surface area contributed by atoms with Crippen molar-refractivity contribution < 1.29 is 8.42 Å². The minimum Gasteiger partial charge on any atom is -0.397 e. The average molecular weight is 306 g/mol. The SMILES string of the molecule is Nc1cnc(NS(=O)(=O)CC2CC2)c(Br)c1. The summed E-state index contributed by atoms with van der Waals surface area (Å²) in [6.07, 6.45) is 3.41. The predicted molar refractivity (Wildman–Crippen MR) is 66.5 cm³/mol. The number of sulfonamides is 1. The average Bonchev–Trinajstić information content (AvgIpc) is 2.93. The van der Waals surface area contributed by atoms with Gasteiger partial charge in [-0.3, -0.25) is 4.72 Å². The normalized spacial score (nSPS) is 16.1. The number of halogens is 1. The van der Waals surface area contributed by atoms with Crippen LogP contribution in [0.4, 0.5) is 11.5 Å². The summed E-state index contributed by atoms with van der Waals surface area (Å²) in [5.41, 5.74) is 6.00. The van der Waals surface area contributed by atoms with E-state index in [0.717, 1.165) is 12.8 Å². The largest absolute Gasteiger partial charge is 0.397 e. The van der Waals surface area contributed by atoms with E-state index in [0.29, 0.717) is 16.1 Å². The monoisotopic (exact) mass is 305 g/mol. The highest BCUT2D eigenvalue weighted by atomic mass is 79.9. The maximum atomic E-state index is 11.7. The molecule has 0 atom stereocenters. The first-order valence-electron chi connectivity index (χ1n) is 4.88. The summed E-state index contributed by atoms with van der Waals surface area (Å²) < 4.78 is 26.4. The zero-order chi connectivity index (χ0) is 11.8. The van der Waals surface area contributed by atoms with E-state index < -0.39 is 10.0 Å². The molecule has 3 N–H and O–H groups in total. The van der Waals surface area contributed by atoms with Crippen LogP contribution in [0.1, 0.15) is 12.8 Å². The van der Waals surface area contributed by atoms with E-state index in [1.54, 1.807) is 6.07 Å². The van der Waals surface area contributed by atoms with Crippen LogP contribution in [0.5, 0.6) is 0 Å². The van der Waals surface area contributed by atoms with Crippen molar-refractivity contribution >= 4 is 37.5 Å². The second kappa shape index (κ2) is 4.21. The molecule has 0 aliphatic heterocycles. The molecule has 88 valence electrons. The van der Waals surface area contributed by atoms with Gasteiger partial charge in [-0.2, -0.15) is 0 Å². The molecule has 2 rings (SSSR count). The number of hydrogen-bond acceptors (Lipinski definition) is 4. The molecule has 5 nitrogen and oxygen atoms in total. The first-order valence-corrected chi connectivity index (χ1v) is 7.32. The molecule has 1 aliphatic carbocycles. The van der Waals surface area contributed by atoms with Crippen molar-refractivity contribution in [1.29, 1.82) is 0 Å². The van der Waals surface area contributed by atoms with E-state index in [1.807, 2.05) is 0 Å². The predicted octanol–water partition coefficient (Wildman–Crippen LogP) is 1.58. The molecule has 0 spiro atoms. The molecule has 0 saturated heterocycles. The molecular formula is C9H12BrN3O2S. The second-order valence-corrected chi connectivity index (χ2v) is 6.55. The van der Waals surface area contributed by atoms with Gasteiger partial charge in [0.05, 0.1) is 22.1 Å². The highest BCUT2D eigenvalue weighted by Gasteiger charge is 2.28. The zero-order valence-corrected chi connectivity index (χ0v) is 10.9. The lowest BCUT2D eigenvalue weighted by molar-refractivity contribution is 0.597. The van der Waals surface area contributed by atoms with Crippen LogP contribution in [0.3, 0.4) is 0 Å². The maximum Gasteiger partial charge on any atom is 0.234 e. The number of pyridine rings is 1. The number of nitrogens with two attached hydrogens (primary N) is 1. The maximum absolute atomic E-state index is 11.7. The fourth-order valence-corrected chi connectivity index (χ4v) is 3.40. The zero-order valence-electron chi connectivity index (χ0n) is 8.48. The van der Waals surface area contributed by atoms with Crippen LogP contribution in [0.25, 0.3) is 0 Å². The summed E-state index contributed by atoms with van der Waals surface area (Å²) in [6.45, 7) is 0. The molecule has 1 saturated carbocycles. The molecule has 0 unspecified atom stereocenters. The molecule has 1 fully saturated rings. The van der Waals surface area contributed by atoms with E-state index in [4.69, 9.17) is 5.73 Å². The van der Waals surface area contributed by atoms with Gasteiger partial charge in [-0.1, -0.05) is 0 Å². The van der Waals surface area contributed by atoms with Gasteiger partial charge in [0.15, 0.2) is 5.82 Å². The van der Waals surface area contributed by atoms with Crippen LogP contribution in [-0.2, 0) is 10.0 Å². The molecule has 7 heteroatoms. The quantitative estimate of drug-likeness (QED) is 0.884. The molecule has 0 amide bonds. The fraction of sp³-hybridized carbons (Fsp3) is 0.444. The third kappa shape index (κ3) is 3.08. The van der Waals surface area contributed by atoms with Crippen molar-refractivity contribution in [2.24, 2.45) is 5.92 Å². The smallest absolute Gasteiger partial charge is 0.234 e. The van der Waals surface area contributed by atoms with E-state index in [1.165, 1.54) is 6.20 Å². The van der Waals surface area contributed by atoms with Crippen molar-refractivity contribution in [2.45, 2.75) is 12.8 Å². The minimum absolute atomic E-state index is 0.172. The van der Waals surface area contributed by atoms with Crippen LogP contribution >= 0.6 is 15.9 Å². The number of nitrogen functional groups attached to an aromatic ring is 1. The van der Waals surface area contributed by atoms with Gasteiger partial charge in [0, 0.05) is 0 Å². The van der Waals surface area contributed by atoms with Gasteiger partial charge in [0.25, 0.3) is 0 Å². The lowest BCUT2D eigenvalue weighted by Crippen LogP contribution is -2.18. The summed E-state index contributed by atoms with van der Waals surface area (Å²) in [7, 11) is -3.29. The molecule has 0 radical (unpaired) electrons. The molecule has 1 aliphatic rings. The molecule has 16 heavy (non-hydrogen) atoms. The topological polar surface area (TPSA) is 85.1 Å². The molecule has 0 aromatic carbocycles. The number of aromatic nitrogens is 1. The minimum atomic E-state index is -3.29. The molecule has 1 aromatic rings. The van der Waals surface area contributed by atoms with Crippen LogP contribution in [-0.4, -0.2) is 19.2 Å². The highest BCUT2D eigenvalue weighted by molar-refractivity contribution is 9.10. The first kappa shape index (κ1) is 11.7. The van der Waals surface area contributed by atoms with E-state index in [9.17, 15) is 8.42 Å².